The summed E-state index contributed by atoms with van der Waals surface area (Å²) in [7, 11) is 0. The number of thiol groups is 1. The Bertz CT molecular complexity index is 206. The molecule has 1 nitrogen and oxygen atoms in total. The number of unbranched alkanes of at least 4 members (excludes halogenated alkanes) is 10. The molecule has 0 aliphatic carbocycles. The number of hydrogen-bond acceptors (Lipinski definition) is 1. The number of rotatable bonds is 14. The fourth-order valence-corrected chi connectivity index (χ4v) is 2.85. The Balaban J connectivity index is 0. The molecular weight excluding hydrogens is 314 g/mol. The van der Waals surface area contributed by atoms with Gasteiger partial charge in [-0.2, -0.15) is 13.5 Å². The van der Waals surface area contributed by atoms with E-state index in [-0.39, 0.29) is 13.5 Å². The van der Waals surface area contributed by atoms with Crippen molar-refractivity contribution in [3.63, 3.8) is 0 Å². The fourth-order valence-electron chi connectivity index (χ4n) is 2.47. The van der Waals surface area contributed by atoms with Gasteiger partial charge in [-0.3, -0.25) is 0 Å². The molecule has 128 valence electrons. The van der Waals surface area contributed by atoms with Crippen molar-refractivity contribution in [3.05, 3.63) is 0 Å². The summed E-state index contributed by atoms with van der Waals surface area (Å²) < 4.78 is 0.784. The van der Waals surface area contributed by atoms with Gasteiger partial charge in [0.05, 0.1) is 0 Å². The fraction of sp³-hybridized carbons (Fsp3) is 0.941. The van der Waals surface area contributed by atoms with Crippen molar-refractivity contribution < 1.29 is 0 Å². The summed E-state index contributed by atoms with van der Waals surface area (Å²) in [6.45, 7) is 6.73. The molecular formula is C17H37NS3. The molecule has 0 spiro atoms. The smallest absolute Gasteiger partial charge is 0.133 e. The Morgan fingerprint density at radius 3 is 1.38 bits per heavy atom. The Kier molecular flexibility index (Phi) is 21.2. The number of thiocarbonyl (C=S) groups is 1. The van der Waals surface area contributed by atoms with E-state index >= 15 is 0 Å². The minimum atomic E-state index is 0. The van der Waals surface area contributed by atoms with Crippen LogP contribution in [0.1, 0.15) is 90.9 Å². The molecule has 0 unspecified atom stereocenters. The van der Waals surface area contributed by atoms with Crippen molar-refractivity contribution in [3.8, 4) is 0 Å². The van der Waals surface area contributed by atoms with Crippen molar-refractivity contribution in [1.29, 1.82) is 0 Å². The summed E-state index contributed by atoms with van der Waals surface area (Å²) in [5, 5.41) is 0. The molecule has 0 aliphatic heterocycles. The van der Waals surface area contributed by atoms with Crippen LogP contribution >= 0.6 is 38.3 Å². The van der Waals surface area contributed by atoms with Crippen LogP contribution in [0.4, 0.5) is 0 Å². The molecule has 0 N–H and O–H groups in total. The normalized spacial score (nSPS) is 10.2. The van der Waals surface area contributed by atoms with Gasteiger partial charge in [0.2, 0.25) is 0 Å². The lowest BCUT2D eigenvalue weighted by Gasteiger charge is -2.22. The number of nitrogens with zero attached hydrogens (tertiary/aromatic N) is 1. The molecule has 0 aromatic carbocycles. The van der Waals surface area contributed by atoms with Gasteiger partial charge >= 0.3 is 0 Å². The molecule has 0 radical (unpaired) electrons. The minimum Gasteiger partial charge on any atom is -0.358 e. The molecule has 0 aromatic rings. The van der Waals surface area contributed by atoms with Gasteiger partial charge in [0.25, 0.3) is 0 Å². The van der Waals surface area contributed by atoms with E-state index < -0.39 is 0 Å². The highest BCUT2D eigenvalue weighted by Crippen LogP contribution is 2.10. The average Bonchev–Trinajstić information content (AvgIpc) is 2.43. The van der Waals surface area contributed by atoms with Crippen molar-refractivity contribution in [2.24, 2.45) is 0 Å². The molecule has 0 aliphatic rings. The maximum absolute atomic E-state index is 5.25. The van der Waals surface area contributed by atoms with Crippen molar-refractivity contribution in [1.82, 2.24) is 4.90 Å². The lowest BCUT2D eigenvalue weighted by molar-refractivity contribution is 0.395. The standard InChI is InChI=1S/C17H35NS2.H2S/c1-3-5-7-9-11-13-15-18(17(19)20)16-14-12-10-8-6-4-2;/h3-16H2,1-2H3,(H,19,20);1H2. The Labute approximate surface area is 151 Å². The highest BCUT2D eigenvalue weighted by Gasteiger charge is 2.05. The first-order chi connectivity index (χ1) is 9.72. The molecule has 0 saturated heterocycles. The zero-order chi connectivity index (χ0) is 15.1. The molecule has 0 aromatic heterocycles. The van der Waals surface area contributed by atoms with Gasteiger partial charge in [-0.25, -0.2) is 0 Å². The SMILES string of the molecule is CCCCCCCCN(CCCCCCCC)C(=S)S.S. The minimum absolute atomic E-state index is 0. The van der Waals surface area contributed by atoms with Gasteiger partial charge < -0.3 is 4.90 Å². The predicted octanol–water partition coefficient (Wildman–Crippen LogP) is 6.34. The molecule has 0 saturated carbocycles. The topological polar surface area (TPSA) is 3.24 Å². The van der Waals surface area contributed by atoms with E-state index in [1.165, 1.54) is 77.0 Å². The first-order valence-corrected chi connectivity index (χ1v) is 9.55. The molecule has 0 bridgehead atoms. The van der Waals surface area contributed by atoms with Crippen LogP contribution in [0.3, 0.4) is 0 Å². The van der Waals surface area contributed by atoms with Crippen molar-refractivity contribution >= 4 is 42.7 Å². The summed E-state index contributed by atoms with van der Waals surface area (Å²) in [6, 6.07) is 0. The van der Waals surface area contributed by atoms with Gasteiger partial charge in [0.15, 0.2) is 0 Å². The second-order valence-electron chi connectivity index (χ2n) is 5.81. The van der Waals surface area contributed by atoms with E-state index in [2.05, 4.69) is 31.4 Å². The Hall–Kier alpha value is 0.590. The maximum atomic E-state index is 5.25. The summed E-state index contributed by atoms with van der Waals surface area (Å²) in [5.41, 5.74) is 0. The molecule has 21 heavy (non-hydrogen) atoms. The van der Waals surface area contributed by atoms with E-state index in [4.69, 9.17) is 12.2 Å². The molecule has 0 fully saturated rings. The Morgan fingerprint density at radius 2 is 1.05 bits per heavy atom. The average molecular weight is 352 g/mol. The largest absolute Gasteiger partial charge is 0.358 e. The van der Waals surface area contributed by atoms with Gasteiger partial charge in [-0.05, 0) is 12.8 Å². The third kappa shape index (κ3) is 16.8. The molecule has 0 rings (SSSR count). The van der Waals surface area contributed by atoms with E-state index in [0.717, 1.165) is 17.4 Å². The molecule has 4 heteroatoms. The van der Waals surface area contributed by atoms with Gasteiger partial charge in [0.1, 0.15) is 4.32 Å². The molecule has 0 amide bonds. The highest BCUT2D eigenvalue weighted by molar-refractivity contribution is 8.10. The zero-order valence-corrected chi connectivity index (χ0v) is 16.9. The number of hydrogen-bond donors (Lipinski definition) is 1. The second kappa shape index (κ2) is 18.6. The second-order valence-corrected chi connectivity index (χ2v) is 6.92. The summed E-state index contributed by atoms with van der Waals surface area (Å²) in [4.78, 5) is 2.29. The summed E-state index contributed by atoms with van der Waals surface area (Å²) in [6.07, 6.45) is 16.1. The quantitative estimate of drug-likeness (QED) is 0.221. The zero-order valence-electron chi connectivity index (χ0n) is 14.2. The van der Waals surface area contributed by atoms with Gasteiger partial charge in [0, 0.05) is 13.1 Å². The van der Waals surface area contributed by atoms with E-state index in [1.807, 2.05) is 0 Å². The Morgan fingerprint density at radius 1 is 0.714 bits per heavy atom. The van der Waals surface area contributed by atoms with Crippen LogP contribution in [0.25, 0.3) is 0 Å². The van der Waals surface area contributed by atoms with Crippen LogP contribution in [0, 0.1) is 0 Å². The third-order valence-electron chi connectivity index (χ3n) is 3.83. The lowest BCUT2D eigenvalue weighted by Crippen LogP contribution is -2.28. The van der Waals surface area contributed by atoms with Crippen molar-refractivity contribution in [2.45, 2.75) is 90.9 Å². The highest BCUT2D eigenvalue weighted by atomic mass is 32.1. The monoisotopic (exact) mass is 351 g/mol. The first-order valence-electron chi connectivity index (χ1n) is 8.70. The molecule has 0 heterocycles. The summed E-state index contributed by atoms with van der Waals surface area (Å²) >= 11 is 9.61. The van der Waals surface area contributed by atoms with Crippen LogP contribution < -0.4 is 0 Å². The van der Waals surface area contributed by atoms with Crippen LogP contribution in [0.15, 0.2) is 0 Å². The van der Waals surface area contributed by atoms with Crippen LogP contribution in [0.5, 0.6) is 0 Å². The third-order valence-corrected chi connectivity index (χ3v) is 4.37. The lowest BCUT2D eigenvalue weighted by atomic mass is 10.1. The maximum Gasteiger partial charge on any atom is 0.133 e. The first kappa shape index (κ1) is 23.9. The van der Waals surface area contributed by atoms with Crippen LogP contribution in [-0.2, 0) is 0 Å². The van der Waals surface area contributed by atoms with E-state index in [1.54, 1.807) is 0 Å². The van der Waals surface area contributed by atoms with E-state index in [9.17, 15) is 0 Å². The van der Waals surface area contributed by atoms with Gasteiger partial charge in [-0.15, -0.1) is 12.6 Å². The summed E-state index contributed by atoms with van der Waals surface area (Å²) in [5.74, 6) is 0. The van der Waals surface area contributed by atoms with Gasteiger partial charge in [-0.1, -0.05) is 90.3 Å². The van der Waals surface area contributed by atoms with Crippen LogP contribution in [-0.4, -0.2) is 22.3 Å². The molecule has 0 atom stereocenters. The van der Waals surface area contributed by atoms with Crippen molar-refractivity contribution in [2.75, 3.05) is 13.1 Å². The van der Waals surface area contributed by atoms with Crippen LogP contribution in [0.2, 0.25) is 0 Å². The van der Waals surface area contributed by atoms with E-state index in [0.29, 0.717) is 0 Å². The predicted molar refractivity (Wildman–Crippen MR) is 110 cm³/mol.